The van der Waals surface area contributed by atoms with Crippen LogP contribution in [0.15, 0.2) is 0 Å². The van der Waals surface area contributed by atoms with E-state index in [1.807, 2.05) is 0 Å². The normalized spacial score (nSPS) is 20.9. The van der Waals surface area contributed by atoms with Crippen LogP contribution in [0.4, 0.5) is 0 Å². The van der Waals surface area contributed by atoms with Crippen LogP contribution in [0.25, 0.3) is 0 Å². The summed E-state index contributed by atoms with van der Waals surface area (Å²) in [6.07, 6.45) is 35.8. The highest BCUT2D eigenvalue weighted by Gasteiger charge is 2.44. The molecule has 8 N–H and O–H groups in total. The summed E-state index contributed by atoms with van der Waals surface area (Å²) in [6, 6.07) is -1.16. The third-order valence-electron chi connectivity index (χ3n) is 13.7. The number of ether oxygens (including phenoxy) is 2. The van der Waals surface area contributed by atoms with E-state index >= 15 is 0 Å². The van der Waals surface area contributed by atoms with Crippen LogP contribution in [0.1, 0.15) is 264 Å². The van der Waals surface area contributed by atoms with Gasteiger partial charge in [0.1, 0.15) is 36.6 Å². The molecule has 11 nitrogen and oxygen atoms in total. The van der Waals surface area contributed by atoms with Crippen LogP contribution in [0.2, 0.25) is 0 Å². The summed E-state index contributed by atoms with van der Waals surface area (Å²) in [4.78, 5) is 13.1. The lowest BCUT2D eigenvalue weighted by atomic mass is 9.98. The van der Waals surface area contributed by atoms with E-state index in [0.29, 0.717) is 19.3 Å². The Morgan fingerprint density at radius 3 is 1.16 bits per heavy atom. The number of aliphatic hydroxyl groups is 7. The lowest BCUT2D eigenvalue weighted by Gasteiger charge is -2.40. The lowest BCUT2D eigenvalue weighted by Crippen LogP contribution is -2.60. The quantitative estimate of drug-likeness (QED) is 0.0273. The second kappa shape index (κ2) is 43.4. The van der Waals surface area contributed by atoms with Crippen molar-refractivity contribution in [3.05, 3.63) is 0 Å². The van der Waals surface area contributed by atoms with E-state index in [-0.39, 0.29) is 6.42 Å². The minimum absolute atomic E-state index is 0.267. The van der Waals surface area contributed by atoms with Gasteiger partial charge in [-0.3, -0.25) is 4.79 Å². The van der Waals surface area contributed by atoms with E-state index < -0.39 is 74.2 Å². The summed E-state index contributed by atoms with van der Waals surface area (Å²) in [5, 5.41) is 76.0. The summed E-state index contributed by atoms with van der Waals surface area (Å²) >= 11 is 0. The molecule has 1 heterocycles. The first-order valence-electron chi connectivity index (χ1n) is 27.4. The van der Waals surface area contributed by atoms with E-state index in [0.717, 1.165) is 38.5 Å². The molecule has 9 atom stereocenters. The third kappa shape index (κ3) is 32.0. The van der Waals surface area contributed by atoms with Crippen LogP contribution >= 0.6 is 0 Å². The van der Waals surface area contributed by atoms with E-state index in [9.17, 15) is 40.5 Å². The molecule has 0 radical (unpaired) electrons. The van der Waals surface area contributed by atoms with Gasteiger partial charge in [-0.2, -0.15) is 0 Å². The van der Waals surface area contributed by atoms with Gasteiger partial charge in [0.05, 0.1) is 25.4 Å². The lowest BCUT2D eigenvalue weighted by molar-refractivity contribution is -0.303. The zero-order valence-electron chi connectivity index (χ0n) is 41.5. The molecule has 382 valence electrons. The minimum atomic E-state index is -1.66. The van der Waals surface area contributed by atoms with Gasteiger partial charge in [0.2, 0.25) is 5.91 Å². The van der Waals surface area contributed by atoms with Crippen molar-refractivity contribution < 1.29 is 50.0 Å². The minimum Gasteiger partial charge on any atom is -0.394 e. The van der Waals surface area contributed by atoms with E-state index in [1.54, 1.807) is 0 Å². The fourth-order valence-corrected chi connectivity index (χ4v) is 9.15. The van der Waals surface area contributed by atoms with Crippen molar-refractivity contribution in [2.45, 2.75) is 319 Å². The monoisotopic (exact) mass is 916 g/mol. The molecule has 64 heavy (non-hydrogen) atoms. The Kier molecular flexibility index (Phi) is 41.4. The third-order valence-corrected chi connectivity index (χ3v) is 13.7. The Morgan fingerprint density at radius 2 is 0.812 bits per heavy atom. The fourth-order valence-electron chi connectivity index (χ4n) is 9.15. The average molecular weight is 916 g/mol. The second-order valence-corrected chi connectivity index (χ2v) is 19.7. The zero-order valence-corrected chi connectivity index (χ0v) is 41.5. The standard InChI is InChI=1S/C53H105NO10/c1-3-5-7-9-11-13-15-17-19-20-21-22-23-24-25-27-29-31-33-35-37-39-41-46(57)52(62)54-44(43-63-53-51(61)50(60)49(59)47(42-55)64-53)48(58)45(56)40-38-36-34-32-30-28-26-18-16-14-12-10-8-6-4-2/h44-51,53,55-61H,3-43H2,1-2H3,(H,54,62)/t44-,45-,46?,47-,48+,49-,50+,51-,53+/m1/s1. The number of aliphatic hydroxyl groups excluding tert-OH is 7. The molecule has 11 heteroatoms. The fraction of sp³-hybridized carbons (Fsp3) is 0.981. The second-order valence-electron chi connectivity index (χ2n) is 19.7. The molecule has 1 amide bonds. The number of amides is 1. The zero-order chi connectivity index (χ0) is 46.9. The van der Waals surface area contributed by atoms with Crippen molar-refractivity contribution in [1.82, 2.24) is 5.32 Å². The van der Waals surface area contributed by atoms with Crippen molar-refractivity contribution in [3.63, 3.8) is 0 Å². The Labute approximate surface area is 392 Å². The average Bonchev–Trinajstić information content (AvgIpc) is 3.29. The Bertz CT molecular complexity index is 1010. The first-order valence-corrected chi connectivity index (χ1v) is 27.4. The van der Waals surface area contributed by atoms with E-state index in [4.69, 9.17) is 9.47 Å². The van der Waals surface area contributed by atoms with Gasteiger partial charge >= 0.3 is 0 Å². The molecule has 1 aliphatic rings. The van der Waals surface area contributed by atoms with E-state index in [1.165, 1.54) is 186 Å². The van der Waals surface area contributed by atoms with Crippen molar-refractivity contribution in [2.75, 3.05) is 13.2 Å². The van der Waals surface area contributed by atoms with Gasteiger partial charge in [-0.15, -0.1) is 0 Å². The van der Waals surface area contributed by atoms with Crippen LogP contribution in [-0.4, -0.2) is 110 Å². The summed E-state index contributed by atoms with van der Waals surface area (Å²) in [5.41, 5.74) is 0. The number of hydrogen-bond acceptors (Lipinski definition) is 10. The highest BCUT2D eigenvalue weighted by atomic mass is 16.7. The number of carbonyl (C=O) groups is 1. The Balaban J connectivity index is 2.32. The first-order chi connectivity index (χ1) is 31.2. The molecule has 0 aromatic heterocycles. The summed E-state index contributed by atoms with van der Waals surface area (Å²) in [6.45, 7) is 3.48. The summed E-state index contributed by atoms with van der Waals surface area (Å²) < 4.78 is 11.1. The van der Waals surface area contributed by atoms with Gasteiger partial charge in [-0.25, -0.2) is 0 Å². The molecule has 0 bridgehead atoms. The molecule has 1 rings (SSSR count). The molecule has 1 saturated heterocycles. The maximum atomic E-state index is 13.1. The van der Waals surface area contributed by atoms with Crippen molar-refractivity contribution in [3.8, 4) is 0 Å². The molecular formula is C53H105NO10. The van der Waals surface area contributed by atoms with Gasteiger partial charge in [0.15, 0.2) is 6.29 Å². The molecule has 0 aliphatic carbocycles. The van der Waals surface area contributed by atoms with Crippen molar-refractivity contribution in [1.29, 1.82) is 0 Å². The molecule has 1 fully saturated rings. The number of hydrogen-bond donors (Lipinski definition) is 8. The maximum Gasteiger partial charge on any atom is 0.249 e. The molecule has 0 aromatic rings. The molecule has 1 aliphatic heterocycles. The molecule has 0 aromatic carbocycles. The van der Waals surface area contributed by atoms with Crippen molar-refractivity contribution in [2.24, 2.45) is 0 Å². The molecular weight excluding hydrogens is 811 g/mol. The number of unbranched alkanes of at least 4 members (excludes halogenated alkanes) is 35. The van der Waals surface area contributed by atoms with Gasteiger partial charge in [-0.05, 0) is 12.8 Å². The molecule has 1 unspecified atom stereocenters. The smallest absolute Gasteiger partial charge is 0.249 e. The van der Waals surface area contributed by atoms with Gasteiger partial charge in [-0.1, -0.05) is 251 Å². The van der Waals surface area contributed by atoms with Crippen LogP contribution in [0.5, 0.6) is 0 Å². The molecule has 0 spiro atoms. The van der Waals surface area contributed by atoms with Crippen LogP contribution in [0, 0.1) is 0 Å². The topological polar surface area (TPSA) is 189 Å². The van der Waals surface area contributed by atoms with Gasteiger partial charge in [0, 0.05) is 0 Å². The van der Waals surface area contributed by atoms with Gasteiger partial charge in [0.25, 0.3) is 0 Å². The van der Waals surface area contributed by atoms with Crippen LogP contribution < -0.4 is 5.32 Å². The predicted octanol–water partition coefficient (Wildman–Crippen LogP) is 10.6. The highest BCUT2D eigenvalue weighted by molar-refractivity contribution is 5.80. The highest BCUT2D eigenvalue weighted by Crippen LogP contribution is 2.23. The number of nitrogens with one attached hydrogen (secondary N) is 1. The number of carbonyl (C=O) groups excluding carboxylic acids is 1. The largest absolute Gasteiger partial charge is 0.394 e. The predicted molar refractivity (Wildman–Crippen MR) is 261 cm³/mol. The SMILES string of the molecule is CCCCCCCCCCCCCCCCCCCCCCCCC(O)C(=O)N[C@H](CO[C@H]1O[C@H](CO)[C@@H](O)[C@H](O)[C@H]1O)[C@H](O)[C@H](O)CCCCCCCCCCCCCCCCC. The summed E-state index contributed by atoms with van der Waals surface area (Å²) in [5.74, 6) is -0.691. The first kappa shape index (κ1) is 61.1. The van der Waals surface area contributed by atoms with Crippen LogP contribution in [-0.2, 0) is 14.3 Å². The maximum absolute atomic E-state index is 13.1. The summed E-state index contributed by atoms with van der Waals surface area (Å²) in [7, 11) is 0. The van der Waals surface area contributed by atoms with E-state index in [2.05, 4.69) is 19.2 Å². The van der Waals surface area contributed by atoms with Crippen LogP contribution in [0.3, 0.4) is 0 Å². The number of rotatable bonds is 47. The Morgan fingerprint density at radius 1 is 0.484 bits per heavy atom. The Hall–Kier alpha value is -0.890. The molecule has 0 saturated carbocycles. The van der Waals surface area contributed by atoms with Crippen molar-refractivity contribution >= 4 is 5.91 Å². The van der Waals surface area contributed by atoms with Gasteiger partial charge < -0.3 is 50.5 Å².